The number of fused-ring (bicyclic) bond motifs is 4. The Hall–Kier alpha value is -2.96. The first-order valence-electron chi connectivity index (χ1n) is 10.5. The van der Waals surface area contributed by atoms with Gasteiger partial charge in [0.1, 0.15) is 23.3 Å². The second-order valence-corrected chi connectivity index (χ2v) is 8.44. The number of nitrogens with zero attached hydrogens (tertiary/aromatic N) is 5. The van der Waals surface area contributed by atoms with Crippen LogP contribution in [0.2, 0.25) is 0 Å². The Bertz CT molecular complexity index is 1190. The number of benzene rings is 1. The van der Waals surface area contributed by atoms with E-state index in [1.807, 2.05) is 12.3 Å². The minimum absolute atomic E-state index is 0.126. The van der Waals surface area contributed by atoms with Crippen molar-refractivity contribution in [2.45, 2.75) is 38.0 Å². The zero-order chi connectivity index (χ0) is 19.4. The summed E-state index contributed by atoms with van der Waals surface area (Å²) >= 11 is 0. The highest BCUT2D eigenvalue weighted by molar-refractivity contribution is 5.92. The van der Waals surface area contributed by atoms with E-state index >= 15 is 0 Å². The summed E-state index contributed by atoms with van der Waals surface area (Å²) in [5.41, 5.74) is 5.46. The zero-order valence-electron chi connectivity index (χ0n) is 16.2. The van der Waals surface area contributed by atoms with Crippen LogP contribution < -0.4 is 4.90 Å². The minimum atomic E-state index is -0.126. The van der Waals surface area contributed by atoms with Crippen LogP contribution in [0.5, 0.6) is 0 Å². The van der Waals surface area contributed by atoms with Crippen LogP contribution >= 0.6 is 0 Å². The first kappa shape index (κ1) is 16.9. The molecule has 0 saturated heterocycles. The van der Waals surface area contributed by atoms with Crippen molar-refractivity contribution in [2.24, 2.45) is 5.92 Å². The maximum absolute atomic E-state index is 13.5. The van der Waals surface area contributed by atoms with Crippen LogP contribution in [0.15, 0.2) is 36.8 Å². The lowest BCUT2D eigenvalue weighted by Crippen LogP contribution is -2.30. The summed E-state index contributed by atoms with van der Waals surface area (Å²) in [5.74, 6) is 1.00. The molecule has 29 heavy (non-hydrogen) atoms. The van der Waals surface area contributed by atoms with Crippen LogP contribution in [0, 0.1) is 11.7 Å². The first-order chi connectivity index (χ1) is 14.3. The van der Waals surface area contributed by atoms with E-state index in [1.165, 1.54) is 18.5 Å². The Morgan fingerprint density at radius 3 is 2.93 bits per heavy atom. The molecular weight excluding hydrogens is 367 g/mol. The molecule has 1 aliphatic carbocycles. The van der Waals surface area contributed by atoms with E-state index in [2.05, 4.69) is 31.2 Å². The highest BCUT2D eigenvalue weighted by Gasteiger charge is 2.29. The molecule has 4 aromatic rings. The Morgan fingerprint density at radius 2 is 2.03 bits per heavy atom. The van der Waals surface area contributed by atoms with Gasteiger partial charge in [0, 0.05) is 36.3 Å². The number of hydrogen-bond acceptors (Lipinski definition) is 4. The molecule has 6 nitrogen and oxygen atoms in total. The van der Waals surface area contributed by atoms with Crippen LogP contribution in [0.3, 0.4) is 0 Å². The van der Waals surface area contributed by atoms with Gasteiger partial charge in [0.05, 0.1) is 5.69 Å². The molecule has 148 valence electrons. The van der Waals surface area contributed by atoms with Gasteiger partial charge in [-0.05, 0) is 67.9 Å². The third-order valence-corrected chi connectivity index (χ3v) is 6.74. The molecule has 1 N–H and O–H groups in total. The molecule has 6 rings (SSSR count). The van der Waals surface area contributed by atoms with Crippen molar-refractivity contribution in [1.29, 1.82) is 0 Å². The molecule has 0 bridgehead atoms. The van der Waals surface area contributed by atoms with Crippen LogP contribution in [0.4, 0.5) is 10.1 Å². The standard InChI is InChI=1S/C22H23FN6/c23-17-5-6-19-16(11-17)8-10-28(19)12-14-1-3-15(4-2-14)20-21-18-7-9-24-22(18)25-13-29(21)27-26-20/h5-7,9,11,13-15,24H,1-4,8,10,12H2. The van der Waals surface area contributed by atoms with Crippen LogP contribution in [-0.2, 0) is 6.42 Å². The predicted molar refractivity (Wildman–Crippen MR) is 110 cm³/mol. The topological polar surface area (TPSA) is 62.1 Å². The smallest absolute Gasteiger partial charge is 0.141 e. The molecule has 4 heterocycles. The van der Waals surface area contributed by atoms with E-state index in [1.54, 1.807) is 23.0 Å². The van der Waals surface area contributed by atoms with Crippen LogP contribution in [0.1, 0.15) is 42.9 Å². The summed E-state index contributed by atoms with van der Waals surface area (Å²) in [4.78, 5) is 10.0. The lowest BCUT2D eigenvalue weighted by Gasteiger charge is -2.31. The van der Waals surface area contributed by atoms with Gasteiger partial charge in [-0.15, -0.1) is 5.10 Å². The summed E-state index contributed by atoms with van der Waals surface area (Å²) in [5, 5.41) is 9.93. The maximum atomic E-state index is 13.5. The number of H-pyrrole nitrogens is 1. The van der Waals surface area contributed by atoms with Crippen LogP contribution in [-0.4, -0.2) is 37.9 Å². The molecule has 1 fully saturated rings. The van der Waals surface area contributed by atoms with E-state index in [4.69, 9.17) is 0 Å². The van der Waals surface area contributed by atoms with Gasteiger partial charge >= 0.3 is 0 Å². The second kappa shape index (κ2) is 6.54. The quantitative estimate of drug-likeness (QED) is 0.573. The van der Waals surface area contributed by atoms with Gasteiger partial charge in [-0.2, -0.15) is 0 Å². The molecule has 7 heteroatoms. The van der Waals surface area contributed by atoms with Gasteiger partial charge in [0.25, 0.3) is 0 Å². The summed E-state index contributed by atoms with van der Waals surface area (Å²) in [6.45, 7) is 2.08. The average Bonchev–Trinajstić information content (AvgIpc) is 3.46. The fraction of sp³-hybridized carbons (Fsp3) is 0.409. The molecule has 0 unspecified atom stereocenters. The lowest BCUT2D eigenvalue weighted by molar-refractivity contribution is 0.325. The number of aromatic amines is 1. The van der Waals surface area contributed by atoms with Crippen molar-refractivity contribution < 1.29 is 4.39 Å². The van der Waals surface area contributed by atoms with E-state index in [-0.39, 0.29) is 5.82 Å². The van der Waals surface area contributed by atoms with Crippen molar-refractivity contribution in [3.63, 3.8) is 0 Å². The number of hydrogen-bond donors (Lipinski definition) is 1. The van der Waals surface area contributed by atoms with Crippen molar-refractivity contribution in [2.75, 3.05) is 18.0 Å². The van der Waals surface area contributed by atoms with E-state index in [9.17, 15) is 4.39 Å². The average molecular weight is 390 g/mol. The molecule has 0 spiro atoms. The van der Waals surface area contributed by atoms with Crippen molar-refractivity contribution >= 4 is 22.2 Å². The van der Waals surface area contributed by atoms with E-state index < -0.39 is 0 Å². The normalized spacial score (nSPS) is 21.9. The first-order valence-corrected chi connectivity index (χ1v) is 10.5. The number of rotatable bonds is 3. The fourth-order valence-electron chi connectivity index (χ4n) is 5.25. The molecule has 1 aliphatic heterocycles. The summed E-state index contributed by atoms with van der Waals surface area (Å²) in [7, 11) is 0. The molecular formula is C22H23FN6. The number of aromatic nitrogens is 5. The summed E-state index contributed by atoms with van der Waals surface area (Å²) < 4.78 is 15.3. The Kier molecular flexibility index (Phi) is 3.82. The lowest BCUT2D eigenvalue weighted by atomic mass is 9.80. The summed E-state index contributed by atoms with van der Waals surface area (Å²) in [6.07, 6.45) is 9.27. The predicted octanol–water partition coefficient (Wildman–Crippen LogP) is 4.08. The number of halogens is 1. The molecule has 2 aliphatic rings. The third-order valence-electron chi connectivity index (χ3n) is 6.74. The Balaban J connectivity index is 1.18. The third kappa shape index (κ3) is 2.79. The minimum Gasteiger partial charge on any atom is -0.371 e. The van der Waals surface area contributed by atoms with Crippen LogP contribution in [0.25, 0.3) is 16.6 Å². The largest absolute Gasteiger partial charge is 0.371 e. The highest BCUT2D eigenvalue weighted by Crippen LogP contribution is 2.39. The maximum Gasteiger partial charge on any atom is 0.141 e. The number of anilines is 1. The Morgan fingerprint density at radius 1 is 1.14 bits per heavy atom. The monoisotopic (exact) mass is 390 g/mol. The van der Waals surface area contributed by atoms with Gasteiger partial charge in [-0.3, -0.25) is 0 Å². The fourth-order valence-corrected chi connectivity index (χ4v) is 5.25. The molecule has 1 aromatic carbocycles. The molecule has 0 atom stereocenters. The Labute approximate surface area is 167 Å². The molecule has 0 radical (unpaired) electrons. The SMILES string of the molecule is Fc1ccc2c(c1)CCN2CC1CCC(c2nnn3cnc4[nH]ccc4c23)CC1. The van der Waals surface area contributed by atoms with E-state index in [0.29, 0.717) is 11.8 Å². The van der Waals surface area contributed by atoms with Crippen molar-refractivity contribution in [3.8, 4) is 0 Å². The number of nitrogens with one attached hydrogen (secondary N) is 1. The van der Waals surface area contributed by atoms with Crippen molar-refractivity contribution in [3.05, 3.63) is 53.9 Å². The molecule has 3 aromatic heterocycles. The zero-order valence-corrected chi connectivity index (χ0v) is 16.2. The second-order valence-electron chi connectivity index (χ2n) is 8.44. The summed E-state index contributed by atoms with van der Waals surface area (Å²) in [6, 6.07) is 7.29. The van der Waals surface area contributed by atoms with Gasteiger partial charge in [0.15, 0.2) is 0 Å². The highest BCUT2D eigenvalue weighted by atomic mass is 19.1. The van der Waals surface area contributed by atoms with E-state index in [0.717, 1.165) is 60.2 Å². The molecule has 0 amide bonds. The van der Waals surface area contributed by atoms with Gasteiger partial charge < -0.3 is 9.88 Å². The molecule has 1 saturated carbocycles. The van der Waals surface area contributed by atoms with Crippen molar-refractivity contribution in [1.82, 2.24) is 24.8 Å². The van der Waals surface area contributed by atoms with Gasteiger partial charge in [0.2, 0.25) is 0 Å². The van der Waals surface area contributed by atoms with Gasteiger partial charge in [-0.25, -0.2) is 13.9 Å². The van der Waals surface area contributed by atoms with Gasteiger partial charge in [-0.1, -0.05) is 5.21 Å².